The summed E-state index contributed by atoms with van der Waals surface area (Å²) in [6, 6.07) is 0.114. The third kappa shape index (κ3) is 4.49. The molecule has 0 radical (unpaired) electrons. The van der Waals surface area contributed by atoms with Crippen LogP contribution < -0.4 is 5.32 Å². The van der Waals surface area contributed by atoms with Crippen LogP contribution in [0.5, 0.6) is 0 Å². The van der Waals surface area contributed by atoms with E-state index >= 15 is 0 Å². The fraction of sp³-hybridized carbons (Fsp3) is 0.944. The van der Waals surface area contributed by atoms with Gasteiger partial charge in [-0.25, -0.2) is 8.42 Å². The van der Waals surface area contributed by atoms with E-state index in [4.69, 9.17) is 0 Å². The average molecular weight is 342 g/mol. The minimum absolute atomic E-state index is 0.114. The molecule has 0 aromatic carbocycles. The van der Waals surface area contributed by atoms with E-state index in [1.54, 1.807) is 0 Å². The molecular formula is C18H31NO3S. The van der Waals surface area contributed by atoms with Crippen molar-refractivity contribution in [1.29, 1.82) is 0 Å². The van der Waals surface area contributed by atoms with Gasteiger partial charge in [0.1, 0.15) is 5.75 Å². The van der Waals surface area contributed by atoms with Crippen molar-refractivity contribution in [2.24, 2.45) is 23.7 Å². The Morgan fingerprint density at radius 2 is 1.83 bits per heavy atom. The third-order valence-electron chi connectivity index (χ3n) is 6.39. The first-order valence-corrected chi connectivity index (χ1v) is 11.2. The second-order valence-corrected chi connectivity index (χ2v) is 10.4. The van der Waals surface area contributed by atoms with Crippen LogP contribution in [0.1, 0.15) is 64.7 Å². The van der Waals surface area contributed by atoms with Crippen LogP contribution in [0.3, 0.4) is 0 Å². The topological polar surface area (TPSA) is 63.2 Å². The molecule has 3 rings (SSSR count). The zero-order chi connectivity index (χ0) is 16.4. The lowest BCUT2D eigenvalue weighted by Gasteiger charge is -2.28. The molecule has 3 saturated carbocycles. The SMILES string of the molecule is C[C@H](NC(=O)CS(=O)(=O)CC1CCCCC1)[C@H]1C[C@H]2CC[C@H]1C2. The molecule has 0 aromatic rings. The molecule has 5 heteroatoms. The van der Waals surface area contributed by atoms with E-state index in [1.165, 1.54) is 32.1 Å². The number of rotatable bonds is 6. The Kier molecular flexibility index (Phi) is 5.34. The molecule has 1 N–H and O–H groups in total. The lowest BCUT2D eigenvalue weighted by atomic mass is 9.84. The number of carbonyl (C=O) groups is 1. The van der Waals surface area contributed by atoms with E-state index < -0.39 is 9.84 Å². The Labute approximate surface area is 140 Å². The molecule has 3 fully saturated rings. The smallest absolute Gasteiger partial charge is 0.235 e. The summed E-state index contributed by atoms with van der Waals surface area (Å²) in [5, 5.41) is 2.98. The Bertz CT molecular complexity index is 524. The van der Waals surface area contributed by atoms with Gasteiger partial charge in [-0.1, -0.05) is 25.7 Å². The maximum absolute atomic E-state index is 12.3. The lowest BCUT2D eigenvalue weighted by molar-refractivity contribution is -0.119. The Morgan fingerprint density at radius 3 is 2.43 bits per heavy atom. The van der Waals surface area contributed by atoms with E-state index in [9.17, 15) is 13.2 Å². The predicted octanol–water partition coefficient (Wildman–Crippen LogP) is 2.92. The van der Waals surface area contributed by atoms with Gasteiger partial charge in [-0.05, 0) is 62.7 Å². The summed E-state index contributed by atoms with van der Waals surface area (Å²) in [6.07, 6.45) is 10.6. The fourth-order valence-corrected chi connectivity index (χ4v) is 6.93. The summed E-state index contributed by atoms with van der Waals surface area (Å²) < 4.78 is 24.6. The number of fused-ring (bicyclic) bond motifs is 2. The van der Waals surface area contributed by atoms with Crippen molar-refractivity contribution >= 4 is 15.7 Å². The molecule has 23 heavy (non-hydrogen) atoms. The summed E-state index contributed by atoms with van der Waals surface area (Å²) >= 11 is 0. The number of sulfone groups is 1. The molecule has 1 amide bonds. The maximum atomic E-state index is 12.3. The summed E-state index contributed by atoms with van der Waals surface area (Å²) in [4.78, 5) is 12.2. The van der Waals surface area contributed by atoms with Crippen LogP contribution in [0.4, 0.5) is 0 Å². The normalized spacial score (nSPS) is 32.8. The van der Waals surface area contributed by atoms with Crippen LogP contribution in [0, 0.1) is 23.7 Å². The Morgan fingerprint density at radius 1 is 1.09 bits per heavy atom. The van der Waals surface area contributed by atoms with Gasteiger partial charge < -0.3 is 5.32 Å². The van der Waals surface area contributed by atoms with Gasteiger partial charge >= 0.3 is 0 Å². The minimum Gasteiger partial charge on any atom is -0.352 e. The second kappa shape index (κ2) is 7.12. The van der Waals surface area contributed by atoms with Gasteiger partial charge in [0.15, 0.2) is 9.84 Å². The number of hydrogen-bond acceptors (Lipinski definition) is 3. The number of nitrogens with one attached hydrogen (secondary N) is 1. The summed E-state index contributed by atoms with van der Waals surface area (Å²) in [5.41, 5.74) is 0. The van der Waals surface area contributed by atoms with Gasteiger partial charge in [0, 0.05) is 6.04 Å². The average Bonchev–Trinajstić information content (AvgIpc) is 3.09. The van der Waals surface area contributed by atoms with Crippen LogP contribution in [0.2, 0.25) is 0 Å². The van der Waals surface area contributed by atoms with Gasteiger partial charge in [-0.2, -0.15) is 0 Å². The van der Waals surface area contributed by atoms with E-state index in [1.807, 2.05) is 0 Å². The monoisotopic (exact) mass is 341 g/mol. The van der Waals surface area contributed by atoms with Crippen LogP contribution in [-0.2, 0) is 14.6 Å². The van der Waals surface area contributed by atoms with Crippen molar-refractivity contribution in [2.45, 2.75) is 70.8 Å². The molecule has 0 aliphatic heterocycles. The molecule has 0 aromatic heterocycles. The van der Waals surface area contributed by atoms with Crippen molar-refractivity contribution in [3.63, 3.8) is 0 Å². The van der Waals surface area contributed by atoms with Crippen molar-refractivity contribution in [3.8, 4) is 0 Å². The largest absolute Gasteiger partial charge is 0.352 e. The van der Waals surface area contributed by atoms with Crippen molar-refractivity contribution in [1.82, 2.24) is 5.32 Å². The highest BCUT2D eigenvalue weighted by Gasteiger charge is 2.42. The van der Waals surface area contributed by atoms with E-state index in [-0.39, 0.29) is 29.4 Å². The van der Waals surface area contributed by atoms with Crippen LogP contribution >= 0.6 is 0 Å². The van der Waals surface area contributed by atoms with Crippen molar-refractivity contribution in [2.75, 3.05) is 11.5 Å². The molecule has 3 aliphatic carbocycles. The summed E-state index contributed by atoms with van der Waals surface area (Å²) in [5.74, 6) is 1.99. The van der Waals surface area contributed by atoms with Gasteiger partial charge in [0.25, 0.3) is 0 Å². The molecule has 0 unspecified atom stereocenters. The highest BCUT2D eigenvalue weighted by molar-refractivity contribution is 7.92. The Balaban J connectivity index is 1.46. The quantitative estimate of drug-likeness (QED) is 0.808. The predicted molar refractivity (Wildman–Crippen MR) is 91.8 cm³/mol. The van der Waals surface area contributed by atoms with Gasteiger partial charge in [0.05, 0.1) is 5.75 Å². The van der Waals surface area contributed by atoms with E-state index in [0.29, 0.717) is 5.92 Å². The van der Waals surface area contributed by atoms with E-state index in [0.717, 1.165) is 37.5 Å². The lowest BCUT2D eigenvalue weighted by Crippen LogP contribution is -2.43. The van der Waals surface area contributed by atoms with Crippen molar-refractivity contribution in [3.05, 3.63) is 0 Å². The number of carbonyl (C=O) groups excluding carboxylic acids is 1. The highest BCUT2D eigenvalue weighted by atomic mass is 32.2. The second-order valence-electron chi connectivity index (χ2n) is 8.25. The molecule has 132 valence electrons. The summed E-state index contributed by atoms with van der Waals surface area (Å²) in [7, 11) is -3.27. The number of amides is 1. The van der Waals surface area contributed by atoms with Gasteiger partial charge in [0.2, 0.25) is 5.91 Å². The Hall–Kier alpha value is -0.580. The molecule has 4 nitrogen and oxygen atoms in total. The molecule has 3 aliphatic rings. The van der Waals surface area contributed by atoms with Gasteiger partial charge in [-0.3, -0.25) is 4.79 Å². The zero-order valence-electron chi connectivity index (χ0n) is 14.3. The van der Waals surface area contributed by atoms with Crippen LogP contribution in [-0.4, -0.2) is 31.9 Å². The first-order valence-electron chi connectivity index (χ1n) is 9.43. The molecule has 2 bridgehead atoms. The van der Waals surface area contributed by atoms with Crippen LogP contribution in [0.15, 0.2) is 0 Å². The highest BCUT2D eigenvalue weighted by Crippen LogP contribution is 2.49. The fourth-order valence-electron chi connectivity index (χ4n) is 5.28. The standard InChI is InChI=1S/C18H31NO3S/c1-13(17-10-15-7-8-16(17)9-15)19-18(20)12-23(21,22)11-14-5-3-2-4-6-14/h13-17H,2-12H2,1H3,(H,19,20)/t13-,15-,16-,17+/m0/s1. The molecule has 0 heterocycles. The maximum Gasteiger partial charge on any atom is 0.235 e. The molecule has 0 saturated heterocycles. The van der Waals surface area contributed by atoms with Gasteiger partial charge in [-0.15, -0.1) is 0 Å². The van der Waals surface area contributed by atoms with Crippen molar-refractivity contribution < 1.29 is 13.2 Å². The molecular weight excluding hydrogens is 310 g/mol. The first kappa shape index (κ1) is 17.2. The first-order chi connectivity index (χ1) is 10.9. The zero-order valence-corrected chi connectivity index (χ0v) is 15.1. The van der Waals surface area contributed by atoms with Crippen LogP contribution in [0.25, 0.3) is 0 Å². The minimum atomic E-state index is -3.27. The summed E-state index contributed by atoms with van der Waals surface area (Å²) in [6.45, 7) is 2.05. The number of hydrogen-bond donors (Lipinski definition) is 1. The van der Waals surface area contributed by atoms with E-state index in [2.05, 4.69) is 12.2 Å². The molecule has 4 atom stereocenters. The third-order valence-corrected chi connectivity index (χ3v) is 8.07. The molecule has 0 spiro atoms.